The molecular formula is C17H16BrFO2. The van der Waals surface area contributed by atoms with Gasteiger partial charge in [0.25, 0.3) is 0 Å². The van der Waals surface area contributed by atoms with Gasteiger partial charge in [0.15, 0.2) is 6.29 Å². The maximum atomic E-state index is 13.1. The molecular weight excluding hydrogens is 335 g/mol. The van der Waals surface area contributed by atoms with E-state index in [0.29, 0.717) is 11.3 Å². The molecule has 0 unspecified atom stereocenters. The molecule has 2 aromatic rings. The number of rotatable bonds is 4. The van der Waals surface area contributed by atoms with Gasteiger partial charge >= 0.3 is 0 Å². The minimum Gasteiger partial charge on any atom is -0.496 e. The summed E-state index contributed by atoms with van der Waals surface area (Å²) in [5, 5.41) is 0. The third-order valence-corrected chi connectivity index (χ3v) is 4.24. The smallest absolute Gasteiger partial charge is 0.154 e. The molecule has 2 nitrogen and oxygen atoms in total. The molecule has 4 heteroatoms. The molecule has 0 saturated carbocycles. The van der Waals surface area contributed by atoms with Gasteiger partial charge in [-0.3, -0.25) is 4.79 Å². The number of halogens is 2. The van der Waals surface area contributed by atoms with Gasteiger partial charge in [-0.25, -0.2) is 4.39 Å². The average Bonchev–Trinajstić information content (AvgIpc) is 2.47. The number of ether oxygens (including phenoxy) is 1. The highest BCUT2D eigenvalue weighted by Gasteiger charge is 2.19. The van der Waals surface area contributed by atoms with Crippen molar-refractivity contribution in [3.63, 3.8) is 0 Å². The van der Waals surface area contributed by atoms with Crippen LogP contribution in [0.2, 0.25) is 0 Å². The van der Waals surface area contributed by atoms with Gasteiger partial charge in [0.1, 0.15) is 11.6 Å². The Kier molecular flexibility index (Phi) is 4.78. The van der Waals surface area contributed by atoms with Crippen molar-refractivity contribution in [1.82, 2.24) is 0 Å². The number of methoxy groups -OCH3 is 1. The lowest BCUT2D eigenvalue weighted by atomic mass is 9.93. The van der Waals surface area contributed by atoms with Gasteiger partial charge in [-0.15, -0.1) is 0 Å². The van der Waals surface area contributed by atoms with Crippen LogP contribution in [-0.4, -0.2) is 13.4 Å². The average molecular weight is 351 g/mol. The van der Waals surface area contributed by atoms with Gasteiger partial charge in [-0.05, 0) is 51.2 Å². The van der Waals surface area contributed by atoms with Gasteiger partial charge in [-0.2, -0.15) is 0 Å². The van der Waals surface area contributed by atoms with Crippen LogP contribution < -0.4 is 4.74 Å². The lowest BCUT2D eigenvalue weighted by Gasteiger charge is -2.18. The van der Waals surface area contributed by atoms with Gasteiger partial charge in [0.05, 0.1) is 12.7 Å². The van der Waals surface area contributed by atoms with Crippen LogP contribution in [0.1, 0.15) is 35.7 Å². The standard InChI is InChI=1S/C17H16BrFO2/c1-10(2)13-8-15(21-3)14(9-20)16(17(13)18)11-4-6-12(19)7-5-11/h4-10H,1-3H3. The maximum Gasteiger partial charge on any atom is 0.154 e. The Balaban J connectivity index is 2.80. The summed E-state index contributed by atoms with van der Waals surface area (Å²) >= 11 is 3.58. The zero-order valence-corrected chi connectivity index (χ0v) is 13.7. The van der Waals surface area contributed by atoms with Crippen LogP contribution in [0.25, 0.3) is 11.1 Å². The van der Waals surface area contributed by atoms with Crippen molar-refractivity contribution >= 4 is 22.2 Å². The van der Waals surface area contributed by atoms with Crippen molar-refractivity contribution in [2.45, 2.75) is 19.8 Å². The van der Waals surface area contributed by atoms with Crippen molar-refractivity contribution in [1.29, 1.82) is 0 Å². The molecule has 0 aliphatic heterocycles. The molecule has 0 radical (unpaired) electrons. The molecule has 2 rings (SSSR count). The summed E-state index contributed by atoms with van der Waals surface area (Å²) in [5.74, 6) is 0.471. The Morgan fingerprint density at radius 2 is 1.86 bits per heavy atom. The van der Waals surface area contributed by atoms with E-state index in [-0.39, 0.29) is 11.7 Å². The molecule has 0 atom stereocenters. The first-order chi connectivity index (χ1) is 9.99. The molecule has 0 saturated heterocycles. The van der Waals surface area contributed by atoms with Crippen LogP contribution in [0, 0.1) is 5.82 Å². The minimum atomic E-state index is -0.311. The third-order valence-electron chi connectivity index (χ3n) is 3.39. The van der Waals surface area contributed by atoms with Gasteiger partial charge in [0, 0.05) is 10.0 Å². The fourth-order valence-electron chi connectivity index (χ4n) is 2.27. The van der Waals surface area contributed by atoms with Gasteiger partial charge < -0.3 is 4.74 Å². The van der Waals surface area contributed by atoms with Crippen molar-refractivity contribution in [2.24, 2.45) is 0 Å². The number of hydrogen-bond acceptors (Lipinski definition) is 2. The summed E-state index contributed by atoms with van der Waals surface area (Å²) in [5.41, 5.74) is 3.00. The predicted molar refractivity (Wildman–Crippen MR) is 85.6 cm³/mol. The van der Waals surface area contributed by atoms with Crippen LogP contribution in [0.5, 0.6) is 5.75 Å². The molecule has 0 aliphatic carbocycles. The first kappa shape index (κ1) is 15.7. The summed E-state index contributed by atoms with van der Waals surface area (Å²) < 4.78 is 19.3. The quantitative estimate of drug-likeness (QED) is 0.708. The van der Waals surface area contributed by atoms with Crippen LogP contribution in [0.3, 0.4) is 0 Å². The lowest BCUT2D eigenvalue weighted by molar-refractivity contribution is 0.112. The molecule has 0 heterocycles. The topological polar surface area (TPSA) is 26.3 Å². The largest absolute Gasteiger partial charge is 0.496 e. The van der Waals surface area contributed by atoms with Gasteiger partial charge in [0.2, 0.25) is 0 Å². The first-order valence-electron chi connectivity index (χ1n) is 6.61. The van der Waals surface area contributed by atoms with E-state index in [0.717, 1.165) is 27.4 Å². The van der Waals surface area contributed by atoms with E-state index in [9.17, 15) is 9.18 Å². The molecule has 0 aliphatic rings. The molecule has 0 amide bonds. The third kappa shape index (κ3) is 3.00. The van der Waals surface area contributed by atoms with Crippen molar-refractivity contribution in [2.75, 3.05) is 7.11 Å². The summed E-state index contributed by atoms with van der Waals surface area (Å²) in [6.07, 6.45) is 0.770. The fraction of sp³-hybridized carbons (Fsp3) is 0.235. The van der Waals surface area contributed by atoms with E-state index in [2.05, 4.69) is 29.8 Å². The predicted octanol–water partition coefficient (Wildman–Crippen LogP) is 5.20. The number of benzene rings is 2. The van der Waals surface area contributed by atoms with Crippen LogP contribution in [0.15, 0.2) is 34.8 Å². The van der Waals surface area contributed by atoms with Crippen LogP contribution >= 0.6 is 15.9 Å². The zero-order valence-electron chi connectivity index (χ0n) is 12.1. The van der Waals surface area contributed by atoms with E-state index < -0.39 is 0 Å². The van der Waals surface area contributed by atoms with E-state index >= 15 is 0 Å². The summed E-state index contributed by atoms with van der Waals surface area (Å²) in [7, 11) is 1.54. The Bertz CT molecular complexity index is 663. The summed E-state index contributed by atoms with van der Waals surface area (Å²) in [4.78, 5) is 11.5. The number of carbonyl (C=O) groups excluding carboxylic acids is 1. The molecule has 110 valence electrons. The normalized spacial score (nSPS) is 10.8. The molecule has 0 spiro atoms. The molecule has 0 bridgehead atoms. The van der Waals surface area contributed by atoms with E-state index in [1.165, 1.54) is 19.2 Å². The second-order valence-electron chi connectivity index (χ2n) is 5.05. The zero-order chi connectivity index (χ0) is 15.6. The molecule has 0 fully saturated rings. The Morgan fingerprint density at radius 3 is 2.33 bits per heavy atom. The first-order valence-corrected chi connectivity index (χ1v) is 7.40. The van der Waals surface area contributed by atoms with Crippen molar-refractivity contribution < 1.29 is 13.9 Å². The molecule has 0 N–H and O–H groups in total. The van der Waals surface area contributed by atoms with Crippen molar-refractivity contribution in [3.05, 3.63) is 51.7 Å². The number of carbonyl (C=O) groups is 1. The minimum absolute atomic E-state index is 0.258. The van der Waals surface area contributed by atoms with Crippen LogP contribution in [0.4, 0.5) is 4.39 Å². The number of aldehydes is 1. The highest BCUT2D eigenvalue weighted by molar-refractivity contribution is 9.10. The molecule has 21 heavy (non-hydrogen) atoms. The van der Waals surface area contributed by atoms with Gasteiger partial charge in [-0.1, -0.05) is 26.0 Å². The van der Waals surface area contributed by atoms with E-state index in [4.69, 9.17) is 4.74 Å². The SMILES string of the molecule is COc1cc(C(C)C)c(Br)c(-c2ccc(F)cc2)c1C=O. The van der Waals surface area contributed by atoms with Crippen molar-refractivity contribution in [3.8, 4) is 16.9 Å². The Morgan fingerprint density at radius 1 is 1.24 bits per heavy atom. The molecule has 0 aromatic heterocycles. The lowest BCUT2D eigenvalue weighted by Crippen LogP contribution is -2.00. The summed E-state index contributed by atoms with van der Waals surface area (Å²) in [6, 6.07) is 7.94. The Labute approximate surface area is 132 Å². The fourth-order valence-corrected chi connectivity index (χ4v) is 3.29. The van der Waals surface area contributed by atoms with E-state index in [1.54, 1.807) is 12.1 Å². The second kappa shape index (κ2) is 6.39. The maximum absolute atomic E-state index is 13.1. The highest BCUT2D eigenvalue weighted by atomic mass is 79.9. The second-order valence-corrected chi connectivity index (χ2v) is 5.84. The number of hydrogen-bond donors (Lipinski definition) is 0. The van der Waals surface area contributed by atoms with Crippen LogP contribution in [-0.2, 0) is 0 Å². The molecule has 2 aromatic carbocycles. The highest BCUT2D eigenvalue weighted by Crippen LogP contribution is 2.41. The summed E-state index contributed by atoms with van der Waals surface area (Å²) in [6.45, 7) is 4.13. The monoisotopic (exact) mass is 350 g/mol. The van der Waals surface area contributed by atoms with E-state index in [1.807, 2.05) is 6.07 Å². The Hall–Kier alpha value is -1.68.